The van der Waals surface area contributed by atoms with Gasteiger partial charge in [-0.1, -0.05) is 30.3 Å². The van der Waals surface area contributed by atoms with E-state index in [9.17, 15) is 14.4 Å². The topological polar surface area (TPSA) is 80.2 Å². The molecule has 6 heteroatoms. The van der Waals surface area contributed by atoms with Gasteiger partial charge in [-0.25, -0.2) is 0 Å². The van der Waals surface area contributed by atoms with Crippen LogP contribution >= 0.6 is 0 Å². The van der Waals surface area contributed by atoms with E-state index in [4.69, 9.17) is 0 Å². The first-order valence-electron chi connectivity index (χ1n) is 8.80. The van der Waals surface area contributed by atoms with Crippen LogP contribution < -0.4 is 16.1 Å². The molecule has 0 aliphatic carbocycles. The Labute approximate surface area is 155 Å². The Balaban J connectivity index is 1.62. The predicted octanol–water partition coefficient (Wildman–Crippen LogP) is 2.51. The molecule has 0 fully saturated rings. The highest BCUT2D eigenvalue weighted by Crippen LogP contribution is 2.30. The van der Waals surface area contributed by atoms with Crippen molar-refractivity contribution in [3.63, 3.8) is 0 Å². The monoisotopic (exact) mass is 361 g/mol. The zero-order chi connectivity index (χ0) is 19.0. The van der Waals surface area contributed by atoms with Crippen LogP contribution in [0.4, 0.5) is 5.69 Å². The fourth-order valence-electron chi connectivity index (χ4n) is 3.59. The molecule has 1 aliphatic rings. The quantitative estimate of drug-likeness (QED) is 0.752. The van der Waals surface area contributed by atoms with Gasteiger partial charge in [-0.05, 0) is 30.7 Å². The molecule has 2 N–H and O–H groups in total. The molecule has 0 unspecified atom stereocenters. The minimum Gasteiger partial charge on any atom is -0.347 e. The smallest absolute Gasteiger partial charge is 0.240 e. The number of fused-ring (bicyclic) bond motifs is 2. The van der Waals surface area contributed by atoms with Crippen LogP contribution in [-0.4, -0.2) is 16.4 Å². The van der Waals surface area contributed by atoms with Crippen molar-refractivity contribution in [2.45, 2.75) is 25.9 Å². The number of amides is 2. The van der Waals surface area contributed by atoms with Gasteiger partial charge < -0.3 is 15.2 Å². The van der Waals surface area contributed by atoms with Crippen molar-refractivity contribution in [3.8, 4) is 0 Å². The first-order chi connectivity index (χ1) is 13.0. The van der Waals surface area contributed by atoms with Gasteiger partial charge in [0.05, 0.1) is 18.0 Å². The summed E-state index contributed by atoms with van der Waals surface area (Å²) in [7, 11) is 0. The Morgan fingerprint density at radius 3 is 2.74 bits per heavy atom. The zero-order valence-corrected chi connectivity index (χ0v) is 14.9. The van der Waals surface area contributed by atoms with Crippen LogP contribution in [0.3, 0.4) is 0 Å². The van der Waals surface area contributed by atoms with Crippen molar-refractivity contribution < 1.29 is 9.59 Å². The largest absolute Gasteiger partial charge is 0.347 e. The molecule has 0 radical (unpaired) electrons. The van der Waals surface area contributed by atoms with Crippen molar-refractivity contribution in [1.82, 2.24) is 9.88 Å². The Kier molecular flexibility index (Phi) is 4.24. The molecule has 1 aliphatic heterocycles. The van der Waals surface area contributed by atoms with Crippen molar-refractivity contribution in [1.29, 1.82) is 0 Å². The Hall–Kier alpha value is -3.41. The lowest BCUT2D eigenvalue weighted by Crippen LogP contribution is -2.37. The van der Waals surface area contributed by atoms with E-state index in [1.807, 2.05) is 47.9 Å². The number of carbonyl (C=O) groups excluding carboxylic acids is 2. The summed E-state index contributed by atoms with van der Waals surface area (Å²) in [5.41, 5.74) is 3.00. The van der Waals surface area contributed by atoms with Gasteiger partial charge in [0.1, 0.15) is 6.54 Å². The van der Waals surface area contributed by atoms with Crippen LogP contribution in [0.1, 0.15) is 23.7 Å². The third kappa shape index (κ3) is 3.21. The Bertz CT molecular complexity index is 1120. The summed E-state index contributed by atoms with van der Waals surface area (Å²) in [4.78, 5) is 36.8. The van der Waals surface area contributed by atoms with Gasteiger partial charge in [0.2, 0.25) is 11.8 Å². The lowest BCUT2D eigenvalue weighted by atomic mass is 9.97. The van der Waals surface area contributed by atoms with Gasteiger partial charge >= 0.3 is 0 Å². The average molecular weight is 361 g/mol. The predicted molar refractivity (Wildman–Crippen MR) is 104 cm³/mol. The summed E-state index contributed by atoms with van der Waals surface area (Å²) in [6, 6.07) is 15.9. The maximum Gasteiger partial charge on any atom is 0.240 e. The van der Waals surface area contributed by atoms with Crippen molar-refractivity contribution in [2.24, 2.45) is 0 Å². The van der Waals surface area contributed by atoms with Crippen molar-refractivity contribution in [2.75, 3.05) is 5.32 Å². The van der Waals surface area contributed by atoms with Crippen LogP contribution in [0.5, 0.6) is 0 Å². The van der Waals surface area contributed by atoms with Crippen LogP contribution in [0, 0.1) is 6.92 Å². The number of para-hydroxylation sites is 2. The third-order valence-corrected chi connectivity index (χ3v) is 4.86. The number of pyridine rings is 1. The maximum absolute atomic E-state index is 12.7. The van der Waals surface area contributed by atoms with Gasteiger partial charge in [0.25, 0.3) is 0 Å². The van der Waals surface area contributed by atoms with Crippen LogP contribution in [0.2, 0.25) is 0 Å². The first kappa shape index (κ1) is 17.0. The molecule has 0 bridgehead atoms. The van der Waals surface area contributed by atoms with Crippen molar-refractivity contribution >= 4 is 28.4 Å². The van der Waals surface area contributed by atoms with E-state index in [0.717, 1.165) is 22.5 Å². The second kappa shape index (κ2) is 6.72. The molecule has 2 amide bonds. The maximum atomic E-state index is 12.7. The third-order valence-electron chi connectivity index (χ3n) is 4.86. The lowest BCUT2D eigenvalue weighted by molar-refractivity contribution is -0.123. The van der Waals surface area contributed by atoms with E-state index in [2.05, 4.69) is 10.6 Å². The highest BCUT2D eigenvalue weighted by Gasteiger charge is 2.26. The van der Waals surface area contributed by atoms with Crippen LogP contribution in [-0.2, 0) is 16.1 Å². The fraction of sp³-hybridized carbons (Fsp3) is 0.190. The van der Waals surface area contributed by atoms with Crippen molar-refractivity contribution in [3.05, 3.63) is 76.1 Å². The van der Waals surface area contributed by atoms with Gasteiger partial charge in [-0.3, -0.25) is 14.4 Å². The number of carbonyl (C=O) groups is 2. The average Bonchev–Trinajstić information content (AvgIpc) is 2.65. The molecular weight excluding hydrogens is 342 g/mol. The molecule has 27 heavy (non-hydrogen) atoms. The zero-order valence-electron chi connectivity index (χ0n) is 14.9. The summed E-state index contributed by atoms with van der Waals surface area (Å²) in [6.07, 6.45) is 0.201. The fourth-order valence-corrected chi connectivity index (χ4v) is 3.59. The first-order valence-corrected chi connectivity index (χ1v) is 8.80. The minimum atomic E-state index is -0.367. The highest BCUT2D eigenvalue weighted by atomic mass is 16.2. The van der Waals surface area contributed by atoms with E-state index in [0.29, 0.717) is 5.39 Å². The molecule has 3 aromatic rings. The van der Waals surface area contributed by atoms with E-state index < -0.39 is 0 Å². The molecule has 6 nitrogen and oxygen atoms in total. The van der Waals surface area contributed by atoms with E-state index in [1.165, 1.54) is 0 Å². The van der Waals surface area contributed by atoms with E-state index in [-0.39, 0.29) is 36.3 Å². The summed E-state index contributed by atoms with van der Waals surface area (Å²) in [6.45, 7) is 1.89. The van der Waals surface area contributed by atoms with Gasteiger partial charge in [-0.15, -0.1) is 0 Å². The summed E-state index contributed by atoms with van der Waals surface area (Å²) in [5, 5.41) is 6.37. The molecule has 1 aromatic heterocycles. The molecule has 2 heterocycles. The number of aryl methyl sites for hydroxylation is 1. The molecule has 0 spiro atoms. The number of nitrogens with zero attached hydrogens (tertiary/aromatic N) is 1. The van der Waals surface area contributed by atoms with Crippen LogP contribution in [0.15, 0.2) is 59.4 Å². The van der Waals surface area contributed by atoms with E-state index >= 15 is 0 Å². The van der Waals surface area contributed by atoms with Crippen LogP contribution in [0.25, 0.3) is 10.9 Å². The number of benzene rings is 2. The summed E-state index contributed by atoms with van der Waals surface area (Å²) < 4.78 is 1.82. The number of aromatic nitrogens is 1. The molecule has 0 saturated carbocycles. The molecule has 2 aromatic carbocycles. The van der Waals surface area contributed by atoms with Gasteiger partial charge in [-0.2, -0.15) is 0 Å². The lowest BCUT2D eigenvalue weighted by Gasteiger charge is -2.26. The second-order valence-electron chi connectivity index (χ2n) is 6.71. The standard InChI is InChI=1S/C21H19N3O3/c1-13-10-19(25)15-7-3-5-9-18(15)24(13)12-21(27)23-17-11-20(26)22-16-8-4-2-6-14(16)17/h2-10,17H,11-12H2,1H3,(H,22,26)(H,23,27)/t17-/m1/s1. The Morgan fingerprint density at radius 1 is 1.15 bits per heavy atom. The summed E-state index contributed by atoms with van der Waals surface area (Å²) >= 11 is 0. The normalized spacial score (nSPS) is 15.9. The Morgan fingerprint density at radius 2 is 1.89 bits per heavy atom. The highest BCUT2D eigenvalue weighted by molar-refractivity contribution is 5.95. The molecule has 4 rings (SSSR count). The number of hydrogen-bond donors (Lipinski definition) is 2. The molecule has 136 valence electrons. The number of nitrogens with one attached hydrogen (secondary N) is 2. The molecule has 0 saturated heterocycles. The van der Waals surface area contributed by atoms with Gasteiger partial charge in [0.15, 0.2) is 5.43 Å². The number of hydrogen-bond acceptors (Lipinski definition) is 3. The number of anilines is 1. The summed E-state index contributed by atoms with van der Waals surface area (Å²) in [5.74, 6) is -0.328. The minimum absolute atomic E-state index is 0.0577. The van der Waals surface area contributed by atoms with E-state index in [1.54, 1.807) is 18.2 Å². The SMILES string of the molecule is Cc1cc(=O)c2ccccc2n1CC(=O)N[C@@H]1CC(=O)Nc2ccccc21. The number of rotatable bonds is 3. The van der Waals surface area contributed by atoms with Gasteiger partial charge in [0, 0.05) is 22.8 Å². The molecule has 1 atom stereocenters. The molecular formula is C21H19N3O3. The second-order valence-corrected chi connectivity index (χ2v) is 6.71.